The molecule has 2 aromatic carbocycles. The second kappa shape index (κ2) is 6.86. The fraction of sp³-hybridized carbons (Fsp3) is 0.235. The Kier molecular flexibility index (Phi) is 4.95. The van der Waals surface area contributed by atoms with Gasteiger partial charge < -0.3 is 5.32 Å². The normalized spacial score (nSPS) is 15.4. The minimum Gasteiger partial charge on any atom is -0.326 e. The number of halogens is 2. The van der Waals surface area contributed by atoms with E-state index in [0.29, 0.717) is 17.7 Å². The summed E-state index contributed by atoms with van der Waals surface area (Å²) in [7, 11) is -4.05. The molecule has 0 aliphatic carbocycles. The summed E-state index contributed by atoms with van der Waals surface area (Å²) in [5, 5.41) is 2.55. The average molecular weight is 427 g/mol. The van der Waals surface area contributed by atoms with Gasteiger partial charge in [-0.25, -0.2) is 17.5 Å². The summed E-state index contributed by atoms with van der Waals surface area (Å²) in [4.78, 5) is 11.0. The lowest BCUT2D eigenvalue weighted by molar-refractivity contribution is -0.116. The zero-order valence-electron chi connectivity index (χ0n) is 13.3. The zero-order valence-corrected chi connectivity index (χ0v) is 15.7. The number of benzene rings is 2. The zero-order chi connectivity index (χ0) is 18.2. The van der Waals surface area contributed by atoms with Gasteiger partial charge >= 0.3 is 0 Å². The molecule has 2 aromatic rings. The van der Waals surface area contributed by atoms with Gasteiger partial charge in [-0.15, -0.1) is 0 Å². The van der Waals surface area contributed by atoms with E-state index < -0.39 is 26.8 Å². The Labute approximate surface area is 153 Å². The quantitative estimate of drug-likeness (QED) is 0.784. The number of hydrogen-bond acceptors (Lipinski definition) is 3. The Hall–Kier alpha value is -1.77. The van der Waals surface area contributed by atoms with Crippen LogP contribution in [0.1, 0.15) is 30.5 Å². The van der Waals surface area contributed by atoms with Gasteiger partial charge in [0.25, 0.3) is 0 Å². The van der Waals surface area contributed by atoms with Gasteiger partial charge in [0.1, 0.15) is 10.7 Å². The van der Waals surface area contributed by atoms with E-state index in [1.54, 1.807) is 25.1 Å². The van der Waals surface area contributed by atoms with Crippen molar-refractivity contribution >= 4 is 37.5 Å². The number of rotatable bonds is 4. The van der Waals surface area contributed by atoms with Crippen molar-refractivity contribution in [2.24, 2.45) is 0 Å². The topological polar surface area (TPSA) is 75.3 Å². The molecule has 2 N–H and O–H groups in total. The van der Waals surface area contributed by atoms with E-state index in [0.717, 1.165) is 16.1 Å². The van der Waals surface area contributed by atoms with Crippen LogP contribution in [0.2, 0.25) is 0 Å². The maximum Gasteiger partial charge on any atom is 0.244 e. The number of aryl methyl sites for hydroxylation is 1. The highest BCUT2D eigenvalue weighted by atomic mass is 79.9. The van der Waals surface area contributed by atoms with Crippen molar-refractivity contribution in [3.8, 4) is 0 Å². The molecule has 0 saturated heterocycles. The standard InChI is InChI=1S/C17H16BrFN2O3S/c1-10(11-3-2-4-13(18)7-11)21-25(23,24)16-8-12-5-6-17(22)20-15(12)9-14(16)19/h2-4,7-10,21H,5-6H2,1H3,(H,20,22). The average Bonchev–Trinajstić information content (AvgIpc) is 2.53. The van der Waals surface area contributed by atoms with Gasteiger partial charge in [-0.2, -0.15) is 0 Å². The number of amides is 1. The Balaban J connectivity index is 1.91. The van der Waals surface area contributed by atoms with Crippen LogP contribution in [-0.2, 0) is 21.2 Å². The van der Waals surface area contributed by atoms with E-state index in [9.17, 15) is 17.6 Å². The highest BCUT2D eigenvalue weighted by Crippen LogP contribution is 2.29. The Bertz CT molecular complexity index is 947. The van der Waals surface area contributed by atoms with E-state index in [4.69, 9.17) is 0 Å². The third kappa shape index (κ3) is 3.91. The Morgan fingerprint density at radius 3 is 2.72 bits per heavy atom. The van der Waals surface area contributed by atoms with Gasteiger partial charge in [0.05, 0.1) is 0 Å². The maximum atomic E-state index is 14.3. The first-order chi connectivity index (χ1) is 11.8. The molecule has 8 heteroatoms. The molecule has 25 heavy (non-hydrogen) atoms. The number of carbonyl (C=O) groups excluding carboxylic acids is 1. The van der Waals surface area contributed by atoms with Crippen molar-refractivity contribution in [1.82, 2.24) is 4.72 Å². The molecule has 0 fully saturated rings. The first-order valence-corrected chi connectivity index (χ1v) is 9.94. The number of carbonyl (C=O) groups is 1. The van der Waals surface area contributed by atoms with Gasteiger partial charge in [-0.3, -0.25) is 4.79 Å². The molecule has 1 aliphatic rings. The number of hydrogen-bond donors (Lipinski definition) is 2. The molecule has 132 valence electrons. The molecule has 1 heterocycles. The van der Waals surface area contributed by atoms with Gasteiger partial charge in [0.15, 0.2) is 0 Å². The maximum absolute atomic E-state index is 14.3. The molecule has 0 aromatic heterocycles. The van der Waals surface area contributed by atoms with E-state index in [1.807, 2.05) is 6.07 Å². The van der Waals surface area contributed by atoms with E-state index in [1.165, 1.54) is 6.07 Å². The minimum absolute atomic E-state index is 0.205. The first-order valence-electron chi connectivity index (χ1n) is 7.66. The summed E-state index contributed by atoms with van der Waals surface area (Å²) in [5.74, 6) is -1.10. The fourth-order valence-electron chi connectivity index (χ4n) is 2.73. The van der Waals surface area contributed by atoms with Gasteiger partial charge in [-0.05, 0) is 48.7 Å². The monoisotopic (exact) mass is 426 g/mol. The van der Waals surface area contributed by atoms with Crippen LogP contribution in [0.3, 0.4) is 0 Å². The molecule has 3 rings (SSSR count). The number of nitrogens with one attached hydrogen (secondary N) is 2. The van der Waals surface area contributed by atoms with Crippen LogP contribution < -0.4 is 10.0 Å². The van der Waals surface area contributed by atoms with Gasteiger partial charge in [0, 0.05) is 22.6 Å². The molecule has 0 spiro atoms. The number of anilines is 1. The van der Waals surface area contributed by atoms with Crippen LogP contribution in [0.5, 0.6) is 0 Å². The predicted octanol–water partition coefficient (Wildman–Crippen LogP) is 3.51. The number of sulfonamides is 1. The molecule has 0 saturated carbocycles. The van der Waals surface area contributed by atoms with Crippen molar-refractivity contribution in [3.05, 3.63) is 57.8 Å². The lowest BCUT2D eigenvalue weighted by Gasteiger charge is -2.20. The van der Waals surface area contributed by atoms with Crippen LogP contribution >= 0.6 is 15.9 Å². The molecule has 5 nitrogen and oxygen atoms in total. The van der Waals surface area contributed by atoms with Crippen LogP contribution in [-0.4, -0.2) is 14.3 Å². The van der Waals surface area contributed by atoms with E-state index in [-0.39, 0.29) is 12.3 Å². The fourth-order valence-corrected chi connectivity index (χ4v) is 4.48. The molecular formula is C17H16BrFN2O3S. The second-order valence-electron chi connectivity index (χ2n) is 5.89. The first kappa shape index (κ1) is 18.0. The van der Waals surface area contributed by atoms with Crippen molar-refractivity contribution in [1.29, 1.82) is 0 Å². The van der Waals surface area contributed by atoms with E-state index >= 15 is 0 Å². The molecule has 1 amide bonds. The Morgan fingerprint density at radius 2 is 2.00 bits per heavy atom. The summed E-state index contributed by atoms with van der Waals surface area (Å²) >= 11 is 3.34. The molecule has 1 aliphatic heterocycles. The molecule has 1 atom stereocenters. The number of fused-ring (bicyclic) bond motifs is 1. The van der Waals surface area contributed by atoms with Crippen molar-refractivity contribution in [2.75, 3.05) is 5.32 Å². The molecule has 0 radical (unpaired) electrons. The third-order valence-electron chi connectivity index (χ3n) is 4.02. The molecule has 0 bridgehead atoms. The summed E-state index contributed by atoms with van der Waals surface area (Å²) in [5.41, 5.74) is 1.69. The van der Waals surface area contributed by atoms with Crippen LogP contribution in [0.15, 0.2) is 45.8 Å². The Morgan fingerprint density at radius 1 is 1.24 bits per heavy atom. The van der Waals surface area contributed by atoms with Crippen molar-refractivity contribution in [3.63, 3.8) is 0 Å². The largest absolute Gasteiger partial charge is 0.326 e. The van der Waals surface area contributed by atoms with E-state index in [2.05, 4.69) is 26.0 Å². The van der Waals surface area contributed by atoms with Gasteiger partial charge in [-0.1, -0.05) is 28.1 Å². The van der Waals surface area contributed by atoms with Crippen LogP contribution in [0, 0.1) is 5.82 Å². The molecular weight excluding hydrogens is 411 g/mol. The highest BCUT2D eigenvalue weighted by Gasteiger charge is 2.26. The minimum atomic E-state index is -4.05. The van der Waals surface area contributed by atoms with Gasteiger partial charge in [0.2, 0.25) is 15.9 Å². The van der Waals surface area contributed by atoms with Crippen molar-refractivity contribution in [2.45, 2.75) is 30.7 Å². The highest BCUT2D eigenvalue weighted by molar-refractivity contribution is 9.10. The third-order valence-corrected chi connectivity index (χ3v) is 6.07. The lowest BCUT2D eigenvalue weighted by Crippen LogP contribution is -2.28. The summed E-state index contributed by atoms with van der Waals surface area (Å²) < 4.78 is 42.9. The summed E-state index contributed by atoms with van der Waals surface area (Å²) in [6, 6.07) is 9.04. The van der Waals surface area contributed by atoms with Crippen LogP contribution in [0.25, 0.3) is 0 Å². The summed E-state index contributed by atoms with van der Waals surface area (Å²) in [6.07, 6.45) is 0.630. The lowest BCUT2D eigenvalue weighted by atomic mass is 10.0. The smallest absolute Gasteiger partial charge is 0.244 e. The van der Waals surface area contributed by atoms with Crippen LogP contribution in [0.4, 0.5) is 10.1 Å². The predicted molar refractivity (Wildman–Crippen MR) is 96.2 cm³/mol. The SMILES string of the molecule is CC(NS(=O)(=O)c1cc2c(cc1F)NC(=O)CC2)c1cccc(Br)c1. The summed E-state index contributed by atoms with van der Waals surface area (Å²) in [6.45, 7) is 1.69. The molecule has 1 unspecified atom stereocenters. The second-order valence-corrected chi connectivity index (χ2v) is 8.48. The van der Waals surface area contributed by atoms with Crippen molar-refractivity contribution < 1.29 is 17.6 Å².